The van der Waals surface area contributed by atoms with Gasteiger partial charge >= 0.3 is 0 Å². The molecular formula is C13H18ClNO2S. The molecule has 0 spiro atoms. The van der Waals surface area contributed by atoms with E-state index in [0.717, 1.165) is 25.9 Å². The number of nitrogens with zero attached hydrogens (tertiary/aromatic N) is 1. The molecule has 1 fully saturated rings. The van der Waals surface area contributed by atoms with Gasteiger partial charge in [0, 0.05) is 18.5 Å². The minimum absolute atomic E-state index is 0.0857. The molecule has 1 aromatic rings. The van der Waals surface area contributed by atoms with E-state index in [9.17, 15) is 4.79 Å². The number of likely N-dealkylation sites (tertiary alicyclic amines) is 1. The van der Waals surface area contributed by atoms with Gasteiger partial charge in [-0.05, 0) is 37.1 Å². The minimum Gasteiger partial charge on any atom is -0.495 e. The lowest BCUT2D eigenvalue weighted by molar-refractivity contribution is 0.0692. The number of ether oxygens (including phenoxy) is 1. The molecular weight excluding hydrogens is 270 g/mol. The summed E-state index contributed by atoms with van der Waals surface area (Å²) in [5.41, 5.74) is 0. The molecule has 2 heterocycles. The second kappa shape index (κ2) is 5.93. The van der Waals surface area contributed by atoms with E-state index >= 15 is 0 Å². The zero-order valence-electron chi connectivity index (χ0n) is 10.7. The Kier molecular flexibility index (Phi) is 4.51. The maximum atomic E-state index is 12.3. The number of hydrogen-bond donors (Lipinski definition) is 0. The summed E-state index contributed by atoms with van der Waals surface area (Å²) < 4.78 is 5.20. The molecule has 0 aromatic carbocycles. The molecule has 0 bridgehead atoms. The summed E-state index contributed by atoms with van der Waals surface area (Å²) in [5, 5.41) is 2.08. The van der Waals surface area contributed by atoms with Crippen molar-refractivity contribution in [3.05, 3.63) is 16.3 Å². The van der Waals surface area contributed by atoms with Crippen LogP contribution in [0, 0.1) is 5.92 Å². The Morgan fingerprint density at radius 2 is 2.22 bits per heavy atom. The molecule has 18 heavy (non-hydrogen) atoms. The smallest absolute Gasteiger partial charge is 0.267 e. The fraction of sp³-hybridized carbons (Fsp3) is 0.615. The van der Waals surface area contributed by atoms with Crippen LogP contribution in [0.5, 0.6) is 5.75 Å². The third kappa shape index (κ3) is 2.81. The van der Waals surface area contributed by atoms with Crippen LogP contribution >= 0.6 is 22.9 Å². The number of alkyl halides is 1. The van der Waals surface area contributed by atoms with E-state index < -0.39 is 0 Å². The first-order chi connectivity index (χ1) is 8.63. The molecule has 5 heteroatoms. The van der Waals surface area contributed by atoms with Crippen LogP contribution in [0.4, 0.5) is 0 Å². The normalized spacial score (nSPS) is 18.7. The van der Waals surface area contributed by atoms with E-state index in [4.69, 9.17) is 16.3 Å². The quantitative estimate of drug-likeness (QED) is 0.799. The summed E-state index contributed by atoms with van der Waals surface area (Å²) in [7, 11) is 1.60. The third-order valence-corrected chi connectivity index (χ3v) is 4.76. The SMILES string of the molecule is COc1ccsc1C(=O)N1CCC(C(C)Cl)CC1. The zero-order valence-corrected chi connectivity index (χ0v) is 12.3. The average molecular weight is 288 g/mol. The van der Waals surface area contributed by atoms with E-state index in [-0.39, 0.29) is 11.3 Å². The van der Waals surface area contributed by atoms with Crippen molar-refractivity contribution in [1.29, 1.82) is 0 Å². The maximum Gasteiger partial charge on any atom is 0.267 e. The predicted molar refractivity (Wildman–Crippen MR) is 74.8 cm³/mol. The number of piperidine rings is 1. The fourth-order valence-electron chi connectivity index (χ4n) is 2.32. The number of carbonyl (C=O) groups is 1. The summed E-state index contributed by atoms with van der Waals surface area (Å²) in [6, 6.07) is 1.84. The summed E-state index contributed by atoms with van der Waals surface area (Å²) in [4.78, 5) is 15.0. The number of carbonyl (C=O) groups excluding carboxylic acids is 1. The number of rotatable bonds is 3. The molecule has 3 nitrogen and oxygen atoms in total. The van der Waals surface area contributed by atoms with Gasteiger partial charge in [0.15, 0.2) is 0 Å². The predicted octanol–water partition coefficient (Wildman–Crippen LogP) is 3.24. The molecule has 1 unspecified atom stereocenters. The topological polar surface area (TPSA) is 29.5 Å². The standard InChI is InChI=1S/C13H18ClNO2S/c1-9(14)10-3-6-15(7-4-10)13(16)12-11(17-2)5-8-18-12/h5,8-10H,3-4,6-7H2,1-2H3. The van der Waals surface area contributed by atoms with Gasteiger partial charge in [-0.2, -0.15) is 0 Å². The van der Waals surface area contributed by atoms with Gasteiger partial charge in [0.25, 0.3) is 5.91 Å². The number of thiophene rings is 1. The summed E-state index contributed by atoms with van der Waals surface area (Å²) >= 11 is 7.55. The van der Waals surface area contributed by atoms with Crippen LogP contribution in [0.15, 0.2) is 11.4 Å². The highest BCUT2D eigenvalue weighted by Crippen LogP contribution is 2.29. The van der Waals surface area contributed by atoms with Gasteiger partial charge in [0.05, 0.1) is 7.11 Å². The molecule has 0 N–H and O–H groups in total. The largest absolute Gasteiger partial charge is 0.495 e. The fourth-order valence-corrected chi connectivity index (χ4v) is 3.40. The van der Waals surface area contributed by atoms with Crippen LogP contribution in [-0.2, 0) is 0 Å². The van der Waals surface area contributed by atoms with E-state index in [1.165, 1.54) is 11.3 Å². The van der Waals surface area contributed by atoms with Crippen LogP contribution < -0.4 is 4.74 Å². The van der Waals surface area contributed by atoms with Crippen molar-refractivity contribution in [3.63, 3.8) is 0 Å². The van der Waals surface area contributed by atoms with Gasteiger partial charge in [-0.1, -0.05) is 0 Å². The van der Waals surface area contributed by atoms with Crippen molar-refractivity contribution in [2.45, 2.75) is 25.1 Å². The van der Waals surface area contributed by atoms with Crippen molar-refractivity contribution >= 4 is 28.8 Å². The Balaban J connectivity index is 2.00. The molecule has 0 aliphatic carbocycles. The van der Waals surface area contributed by atoms with Gasteiger partial charge in [-0.15, -0.1) is 22.9 Å². The number of halogens is 1. The van der Waals surface area contributed by atoms with E-state index in [1.54, 1.807) is 7.11 Å². The van der Waals surface area contributed by atoms with E-state index in [1.807, 2.05) is 23.3 Å². The van der Waals surface area contributed by atoms with Gasteiger partial charge in [0.2, 0.25) is 0 Å². The summed E-state index contributed by atoms with van der Waals surface area (Å²) in [6.07, 6.45) is 1.98. The molecule has 100 valence electrons. The second-order valence-corrected chi connectivity index (χ2v) is 6.23. The molecule has 1 atom stereocenters. The van der Waals surface area contributed by atoms with Crippen LogP contribution in [0.3, 0.4) is 0 Å². The Bertz CT molecular complexity index is 411. The molecule has 1 aromatic heterocycles. The number of methoxy groups -OCH3 is 1. The van der Waals surface area contributed by atoms with Crippen molar-refractivity contribution < 1.29 is 9.53 Å². The van der Waals surface area contributed by atoms with Crippen LogP contribution in [0.25, 0.3) is 0 Å². The molecule has 1 aliphatic rings. The Hall–Kier alpha value is -0.740. The highest BCUT2D eigenvalue weighted by molar-refractivity contribution is 7.12. The zero-order chi connectivity index (χ0) is 13.1. The Labute approximate surface area is 117 Å². The highest BCUT2D eigenvalue weighted by Gasteiger charge is 2.27. The monoisotopic (exact) mass is 287 g/mol. The maximum absolute atomic E-state index is 12.3. The Morgan fingerprint density at radius 1 is 1.56 bits per heavy atom. The highest BCUT2D eigenvalue weighted by atomic mass is 35.5. The molecule has 1 amide bonds. The van der Waals surface area contributed by atoms with Crippen LogP contribution in [-0.4, -0.2) is 36.4 Å². The number of hydrogen-bond acceptors (Lipinski definition) is 3. The van der Waals surface area contributed by atoms with Crippen molar-refractivity contribution in [1.82, 2.24) is 4.90 Å². The lowest BCUT2D eigenvalue weighted by Gasteiger charge is -2.33. The first-order valence-electron chi connectivity index (χ1n) is 6.18. The summed E-state index contributed by atoms with van der Waals surface area (Å²) in [6.45, 7) is 3.62. The van der Waals surface area contributed by atoms with Gasteiger partial charge in [0.1, 0.15) is 10.6 Å². The summed E-state index contributed by atoms with van der Waals surface area (Å²) in [5.74, 6) is 1.29. The Morgan fingerprint density at radius 3 is 2.78 bits per heavy atom. The van der Waals surface area contributed by atoms with Gasteiger partial charge in [-0.3, -0.25) is 4.79 Å². The molecule has 2 rings (SSSR count). The minimum atomic E-state index is 0.0857. The lowest BCUT2D eigenvalue weighted by Crippen LogP contribution is -2.39. The number of amides is 1. The van der Waals surface area contributed by atoms with Gasteiger partial charge < -0.3 is 9.64 Å². The van der Waals surface area contributed by atoms with Crippen molar-refractivity contribution in [2.75, 3.05) is 20.2 Å². The average Bonchev–Trinajstić information content (AvgIpc) is 2.86. The molecule has 1 saturated heterocycles. The first kappa shape index (κ1) is 13.7. The second-order valence-electron chi connectivity index (χ2n) is 4.63. The van der Waals surface area contributed by atoms with Crippen molar-refractivity contribution in [2.24, 2.45) is 5.92 Å². The van der Waals surface area contributed by atoms with Gasteiger partial charge in [-0.25, -0.2) is 0 Å². The first-order valence-corrected chi connectivity index (χ1v) is 7.50. The third-order valence-electron chi connectivity index (χ3n) is 3.52. The van der Waals surface area contributed by atoms with E-state index in [0.29, 0.717) is 16.5 Å². The van der Waals surface area contributed by atoms with Crippen LogP contribution in [0.2, 0.25) is 0 Å². The lowest BCUT2D eigenvalue weighted by atomic mass is 9.94. The molecule has 0 radical (unpaired) electrons. The molecule has 0 saturated carbocycles. The van der Waals surface area contributed by atoms with Crippen molar-refractivity contribution in [3.8, 4) is 5.75 Å². The van der Waals surface area contributed by atoms with E-state index in [2.05, 4.69) is 0 Å². The van der Waals surface area contributed by atoms with Crippen LogP contribution in [0.1, 0.15) is 29.4 Å². The molecule has 1 aliphatic heterocycles.